The average molecular weight is 403 g/mol. The molecule has 1 aliphatic heterocycles. The molecule has 0 saturated carbocycles. The van der Waals surface area contributed by atoms with Crippen LogP contribution >= 0.6 is 0 Å². The van der Waals surface area contributed by atoms with Crippen molar-refractivity contribution in [1.82, 2.24) is 4.98 Å². The molecule has 0 radical (unpaired) electrons. The van der Waals surface area contributed by atoms with Gasteiger partial charge >= 0.3 is 0 Å². The summed E-state index contributed by atoms with van der Waals surface area (Å²) in [5.74, 6) is 1.53. The Kier molecular flexibility index (Phi) is 5.89. The number of ether oxygens (including phenoxy) is 2. The number of nitrogens with one attached hydrogen (secondary N) is 2. The quantitative estimate of drug-likeness (QED) is 0.652. The summed E-state index contributed by atoms with van der Waals surface area (Å²) in [6, 6.07) is 19.5. The molecule has 0 aliphatic carbocycles. The summed E-state index contributed by atoms with van der Waals surface area (Å²) in [6.07, 6.45) is 2.30. The Morgan fingerprint density at radius 2 is 1.70 bits per heavy atom. The van der Waals surface area contributed by atoms with Gasteiger partial charge in [0.2, 0.25) is 5.91 Å². The maximum atomic E-state index is 12.3. The molecule has 7 heteroatoms. The zero-order valence-corrected chi connectivity index (χ0v) is 16.2. The van der Waals surface area contributed by atoms with Crippen molar-refractivity contribution >= 4 is 23.3 Å². The number of hydrogen-bond donors (Lipinski definition) is 2. The molecule has 1 aliphatic rings. The summed E-state index contributed by atoms with van der Waals surface area (Å²) in [4.78, 5) is 28.6. The molecule has 30 heavy (non-hydrogen) atoms. The normalized spacial score (nSPS) is 14.6. The molecule has 2 heterocycles. The number of fused-ring (bicyclic) bond motifs is 1. The van der Waals surface area contributed by atoms with Crippen molar-refractivity contribution in [2.45, 2.75) is 18.9 Å². The zero-order valence-electron chi connectivity index (χ0n) is 16.2. The molecule has 0 unspecified atom stereocenters. The van der Waals surface area contributed by atoms with E-state index >= 15 is 0 Å². The van der Waals surface area contributed by atoms with Crippen LogP contribution in [0.2, 0.25) is 0 Å². The van der Waals surface area contributed by atoms with Gasteiger partial charge in [-0.25, -0.2) is 4.98 Å². The van der Waals surface area contributed by atoms with Crippen LogP contribution in [0.1, 0.15) is 23.2 Å². The highest BCUT2D eigenvalue weighted by atomic mass is 16.6. The lowest BCUT2D eigenvalue weighted by Crippen LogP contribution is -2.30. The Morgan fingerprint density at radius 1 is 0.933 bits per heavy atom. The fourth-order valence-corrected chi connectivity index (χ4v) is 3.05. The molecule has 2 N–H and O–H groups in total. The van der Waals surface area contributed by atoms with Gasteiger partial charge in [-0.3, -0.25) is 9.59 Å². The van der Waals surface area contributed by atoms with E-state index in [0.717, 1.165) is 5.75 Å². The van der Waals surface area contributed by atoms with Crippen LogP contribution in [0.15, 0.2) is 72.9 Å². The first-order valence-corrected chi connectivity index (χ1v) is 9.68. The van der Waals surface area contributed by atoms with E-state index in [2.05, 4.69) is 15.6 Å². The number of para-hydroxylation sites is 2. The zero-order chi connectivity index (χ0) is 20.8. The Balaban J connectivity index is 1.25. The second-order valence-corrected chi connectivity index (χ2v) is 6.83. The van der Waals surface area contributed by atoms with Crippen molar-refractivity contribution in [2.75, 3.05) is 17.2 Å². The molecule has 0 saturated heterocycles. The number of aromatic nitrogens is 1. The highest BCUT2D eigenvalue weighted by Crippen LogP contribution is 2.31. The number of carbonyl (C=O) groups is 2. The van der Waals surface area contributed by atoms with Crippen molar-refractivity contribution in [1.29, 1.82) is 0 Å². The molecular weight excluding hydrogens is 382 g/mol. The summed E-state index contributed by atoms with van der Waals surface area (Å²) < 4.78 is 11.5. The summed E-state index contributed by atoms with van der Waals surface area (Å²) in [7, 11) is 0. The van der Waals surface area contributed by atoms with E-state index in [4.69, 9.17) is 9.47 Å². The Labute approximate surface area is 174 Å². The van der Waals surface area contributed by atoms with Crippen LogP contribution in [0.4, 0.5) is 11.5 Å². The van der Waals surface area contributed by atoms with Crippen molar-refractivity contribution in [3.05, 3.63) is 78.5 Å². The van der Waals surface area contributed by atoms with Crippen LogP contribution in [0.5, 0.6) is 11.5 Å². The molecule has 0 spiro atoms. The molecule has 2 amide bonds. The second-order valence-electron chi connectivity index (χ2n) is 6.83. The van der Waals surface area contributed by atoms with Crippen LogP contribution in [0, 0.1) is 0 Å². The van der Waals surface area contributed by atoms with Crippen LogP contribution in [0.3, 0.4) is 0 Å². The topological polar surface area (TPSA) is 89.5 Å². The van der Waals surface area contributed by atoms with Gasteiger partial charge in [0, 0.05) is 23.9 Å². The van der Waals surface area contributed by atoms with Crippen LogP contribution < -0.4 is 20.1 Å². The summed E-state index contributed by atoms with van der Waals surface area (Å²) in [5, 5.41) is 5.56. The van der Waals surface area contributed by atoms with E-state index in [9.17, 15) is 9.59 Å². The average Bonchev–Trinajstić information content (AvgIpc) is 2.79. The minimum atomic E-state index is -0.263. The minimum Gasteiger partial charge on any atom is -0.486 e. The predicted octanol–water partition coefficient (Wildman–Crippen LogP) is 3.89. The van der Waals surface area contributed by atoms with Crippen LogP contribution in [-0.4, -0.2) is 29.5 Å². The molecule has 0 bridgehead atoms. The molecule has 1 aromatic heterocycles. The van der Waals surface area contributed by atoms with Gasteiger partial charge in [-0.15, -0.1) is 0 Å². The molecule has 2 aromatic carbocycles. The smallest absolute Gasteiger partial charge is 0.256 e. The summed E-state index contributed by atoms with van der Waals surface area (Å²) >= 11 is 0. The third-order valence-corrected chi connectivity index (χ3v) is 4.60. The van der Waals surface area contributed by atoms with E-state index in [0.29, 0.717) is 42.3 Å². The fourth-order valence-electron chi connectivity index (χ4n) is 3.05. The van der Waals surface area contributed by atoms with Gasteiger partial charge in [0.15, 0.2) is 11.5 Å². The van der Waals surface area contributed by atoms with Gasteiger partial charge < -0.3 is 20.1 Å². The number of rotatable bonds is 6. The van der Waals surface area contributed by atoms with Gasteiger partial charge in [-0.2, -0.15) is 0 Å². The molecule has 7 nitrogen and oxygen atoms in total. The van der Waals surface area contributed by atoms with Crippen molar-refractivity contribution in [2.24, 2.45) is 0 Å². The molecule has 152 valence electrons. The molecule has 0 fully saturated rings. The van der Waals surface area contributed by atoms with Gasteiger partial charge in [0.05, 0.1) is 0 Å². The van der Waals surface area contributed by atoms with E-state index in [1.807, 2.05) is 24.3 Å². The molecular formula is C23H21N3O4. The van der Waals surface area contributed by atoms with E-state index in [1.165, 1.54) is 0 Å². The maximum Gasteiger partial charge on any atom is 0.256 e. The molecule has 3 aromatic rings. The number of pyridine rings is 1. The van der Waals surface area contributed by atoms with E-state index < -0.39 is 0 Å². The lowest BCUT2D eigenvalue weighted by Gasteiger charge is -2.26. The predicted molar refractivity (Wildman–Crippen MR) is 113 cm³/mol. The Bertz CT molecular complexity index is 1020. The Hall–Kier alpha value is -3.87. The maximum absolute atomic E-state index is 12.3. The SMILES string of the molecule is O=C(CC[C@@H]1COc2ccccc2O1)Nc1ccc(C(=O)Nc2ccccn2)cc1. The summed E-state index contributed by atoms with van der Waals surface area (Å²) in [6.45, 7) is 0.421. The minimum absolute atomic E-state index is 0.122. The monoisotopic (exact) mass is 403 g/mol. The first-order valence-electron chi connectivity index (χ1n) is 9.68. The van der Waals surface area contributed by atoms with Crippen molar-refractivity contribution < 1.29 is 19.1 Å². The van der Waals surface area contributed by atoms with Gasteiger partial charge in [-0.05, 0) is 55.0 Å². The molecule has 1 atom stereocenters. The third kappa shape index (κ3) is 4.94. The van der Waals surface area contributed by atoms with Gasteiger partial charge in [0.1, 0.15) is 18.5 Å². The first kappa shape index (κ1) is 19.4. The lowest BCUT2D eigenvalue weighted by molar-refractivity contribution is -0.116. The van der Waals surface area contributed by atoms with Gasteiger partial charge in [0.25, 0.3) is 5.91 Å². The number of nitrogens with zero attached hydrogens (tertiary/aromatic N) is 1. The van der Waals surface area contributed by atoms with Crippen LogP contribution in [-0.2, 0) is 4.79 Å². The molecule has 4 rings (SSSR count). The highest BCUT2D eigenvalue weighted by molar-refractivity contribution is 6.04. The number of anilines is 2. The highest BCUT2D eigenvalue weighted by Gasteiger charge is 2.21. The largest absolute Gasteiger partial charge is 0.486 e. The summed E-state index contributed by atoms with van der Waals surface area (Å²) in [5.41, 5.74) is 1.10. The lowest BCUT2D eigenvalue weighted by atomic mass is 10.1. The van der Waals surface area contributed by atoms with Crippen molar-refractivity contribution in [3.63, 3.8) is 0 Å². The van der Waals surface area contributed by atoms with Crippen LogP contribution in [0.25, 0.3) is 0 Å². The van der Waals surface area contributed by atoms with E-state index in [-0.39, 0.29) is 17.9 Å². The number of carbonyl (C=O) groups excluding carboxylic acids is 2. The fraction of sp³-hybridized carbons (Fsp3) is 0.174. The van der Waals surface area contributed by atoms with Crippen molar-refractivity contribution in [3.8, 4) is 11.5 Å². The van der Waals surface area contributed by atoms with Gasteiger partial charge in [-0.1, -0.05) is 18.2 Å². The number of amides is 2. The number of hydrogen-bond acceptors (Lipinski definition) is 5. The number of benzene rings is 2. The van der Waals surface area contributed by atoms with E-state index in [1.54, 1.807) is 48.7 Å². The Morgan fingerprint density at radius 3 is 2.47 bits per heavy atom. The first-order chi connectivity index (χ1) is 14.7. The second kappa shape index (κ2) is 9.09. The third-order valence-electron chi connectivity index (χ3n) is 4.60. The standard InChI is InChI=1S/C23H21N3O4/c27-22(13-12-18-15-29-19-5-1-2-6-20(19)30-18)25-17-10-8-16(9-11-17)23(28)26-21-7-3-4-14-24-21/h1-11,14,18H,12-13,15H2,(H,25,27)(H,24,26,28)/t18-/m1/s1.